The van der Waals surface area contributed by atoms with Crippen LogP contribution < -0.4 is 0 Å². The average Bonchev–Trinajstić information content (AvgIpc) is 2.98. The van der Waals surface area contributed by atoms with Gasteiger partial charge in [0.05, 0.1) is 22.7 Å². The Balaban J connectivity index is 0.00000400. The first-order chi connectivity index (χ1) is 21.5. The summed E-state index contributed by atoms with van der Waals surface area (Å²) in [6.45, 7) is 0. The summed E-state index contributed by atoms with van der Waals surface area (Å²) in [6, 6.07) is 13.7. The predicted molar refractivity (Wildman–Crippen MR) is 171 cm³/mol. The predicted octanol–water partition coefficient (Wildman–Crippen LogP) is 5.23. The summed E-state index contributed by atoms with van der Waals surface area (Å²) in [5, 5.41) is 52.8. The third-order valence-electron chi connectivity index (χ3n) is 5.98. The van der Waals surface area contributed by atoms with Gasteiger partial charge in [-0.3, -0.25) is 9.11 Å². The summed E-state index contributed by atoms with van der Waals surface area (Å²) in [5.74, 6) is -3.84. The normalized spacial score (nSPS) is 11.8. The van der Waals surface area contributed by atoms with Gasteiger partial charge < -0.3 is 20.4 Å². The van der Waals surface area contributed by atoms with Crippen LogP contribution in [-0.2, 0) is 20.2 Å². The van der Waals surface area contributed by atoms with Gasteiger partial charge in [0.1, 0.15) is 32.4 Å². The van der Waals surface area contributed by atoms with Crippen LogP contribution in [0, 0.1) is 0 Å². The van der Waals surface area contributed by atoms with Crippen LogP contribution in [0.1, 0.15) is 31.8 Å². The Bertz CT molecular complexity index is 2050. The van der Waals surface area contributed by atoms with Gasteiger partial charge in [-0.25, -0.2) is 9.59 Å². The molecule has 0 aliphatic heterocycles. The van der Waals surface area contributed by atoms with Crippen molar-refractivity contribution in [2.75, 3.05) is 0 Å². The molecular weight excluding hydrogens is 694 g/mol. The number of azo groups is 2. The van der Waals surface area contributed by atoms with Crippen LogP contribution in [0.25, 0.3) is 12.2 Å². The minimum atomic E-state index is -4.87. The fourth-order valence-electron chi connectivity index (χ4n) is 3.82. The largest absolute Gasteiger partial charge is 0.507 e. The SMILES string of the molecule is O=C(O)c1cc(N=Nc2ccc(C=Cc3ccc(N=Nc4ccc(O)c(C(=O)O)c4)cc3S(=O)(=O)O)c(S(=O)(=O)O)c2)ccc1O.[Na].[Na]. The van der Waals surface area contributed by atoms with Crippen molar-refractivity contribution in [2.45, 2.75) is 9.79 Å². The Morgan fingerprint density at radius 1 is 0.521 bits per heavy atom. The van der Waals surface area contributed by atoms with Crippen molar-refractivity contribution < 1.29 is 56.0 Å². The zero-order valence-corrected chi connectivity index (χ0v) is 30.5. The number of aromatic hydroxyl groups is 2. The molecule has 0 aliphatic rings. The van der Waals surface area contributed by atoms with E-state index < -0.39 is 64.6 Å². The molecule has 0 saturated heterocycles. The molecule has 0 amide bonds. The Morgan fingerprint density at radius 3 is 1.10 bits per heavy atom. The number of carboxylic acids is 2. The van der Waals surface area contributed by atoms with Gasteiger partial charge in [0, 0.05) is 59.1 Å². The number of nitrogens with zero attached hydrogens (tertiary/aromatic N) is 4. The molecule has 0 atom stereocenters. The molecule has 0 spiro atoms. The number of rotatable bonds is 10. The molecule has 16 nitrogen and oxygen atoms in total. The Kier molecular flexibility index (Phi) is 13.9. The number of hydrogen-bond acceptors (Lipinski definition) is 12. The molecule has 2 radical (unpaired) electrons. The van der Waals surface area contributed by atoms with Crippen molar-refractivity contribution in [2.24, 2.45) is 20.5 Å². The second-order valence-electron chi connectivity index (χ2n) is 9.14. The van der Waals surface area contributed by atoms with Crippen LogP contribution in [-0.4, -0.2) is 117 Å². The number of aromatic carboxylic acids is 2. The molecule has 6 N–H and O–H groups in total. The number of hydrogen-bond donors (Lipinski definition) is 6. The van der Waals surface area contributed by atoms with E-state index in [4.69, 9.17) is 10.2 Å². The van der Waals surface area contributed by atoms with Crippen molar-refractivity contribution in [1.82, 2.24) is 0 Å². The number of phenols is 2. The molecule has 0 aromatic heterocycles. The van der Waals surface area contributed by atoms with E-state index >= 15 is 0 Å². The molecule has 0 bridgehead atoms. The van der Waals surface area contributed by atoms with E-state index in [1.54, 1.807) is 0 Å². The van der Waals surface area contributed by atoms with Gasteiger partial charge in [0.2, 0.25) is 0 Å². The maximum atomic E-state index is 12.1. The maximum absolute atomic E-state index is 12.1. The molecule has 0 fully saturated rings. The van der Waals surface area contributed by atoms with Crippen LogP contribution in [0.2, 0.25) is 0 Å². The first-order valence-electron chi connectivity index (χ1n) is 12.4. The summed E-state index contributed by atoms with van der Waals surface area (Å²) < 4.78 is 68.2. The molecule has 4 aromatic rings. The summed E-state index contributed by atoms with van der Waals surface area (Å²) in [6.07, 6.45) is 2.27. The van der Waals surface area contributed by atoms with Crippen molar-refractivity contribution in [3.63, 3.8) is 0 Å². The van der Waals surface area contributed by atoms with Crippen LogP contribution in [0.5, 0.6) is 11.5 Å². The van der Waals surface area contributed by atoms with Gasteiger partial charge in [0.15, 0.2) is 0 Å². The standard InChI is InChI=1S/C28H20N4O12S2.2Na/c33-23-9-7-17(11-21(23)27(35)36)29-31-19-5-3-15(25(13-19)45(39,40)41)1-2-16-4-6-20(14-26(16)46(42,43)44)32-30-18-8-10-24(34)22(12-18)28(37)38;;/h1-14,33-34H,(H,35,36)(H,37,38)(H,39,40,41)(H,42,43,44);;. The molecule has 48 heavy (non-hydrogen) atoms. The molecule has 0 unspecified atom stereocenters. The zero-order valence-electron chi connectivity index (χ0n) is 24.8. The maximum Gasteiger partial charge on any atom is 0.339 e. The second-order valence-corrected chi connectivity index (χ2v) is 11.9. The van der Waals surface area contributed by atoms with Crippen molar-refractivity contribution in [3.8, 4) is 11.5 Å². The molecular formula is C28H20N4Na2O12S2. The summed E-state index contributed by atoms with van der Waals surface area (Å²) in [7, 11) is -9.74. The molecule has 238 valence electrons. The van der Waals surface area contributed by atoms with Gasteiger partial charge in [-0.2, -0.15) is 37.3 Å². The van der Waals surface area contributed by atoms with Gasteiger partial charge in [-0.15, -0.1) is 0 Å². The van der Waals surface area contributed by atoms with Gasteiger partial charge in [0.25, 0.3) is 20.2 Å². The van der Waals surface area contributed by atoms with E-state index in [1.165, 1.54) is 36.4 Å². The van der Waals surface area contributed by atoms with Gasteiger partial charge in [-0.1, -0.05) is 24.3 Å². The van der Waals surface area contributed by atoms with Crippen LogP contribution in [0.3, 0.4) is 0 Å². The van der Waals surface area contributed by atoms with E-state index in [0.717, 1.165) is 48.6 Å². The van der Waals surface area contributed by atoms with Crippen LogP contribution in [0.15, 0.2) is 103 Å². The Labute approximate surface area is 316 Å². The fraction of sp³-hybridized carbons (Fsp3) is 0. The van der Waals surface area contributed by atoms with Crippen LogP contribution in [0.4, 0.5) is 22.7 Å². The van der Waals surface area contributed by atoms with E-state index in [0.29, 0.717) is 0 Å². The molecule has 0 saturated carbocycles. The topological polar surface area (TPSA) is 273 Å². The summed E-state index contributed by atoms with van der Waals surface area (Å²) >= 11 is 0. The fourth-order valence-corrected chi connectivity index (χ4v) is 5.23. The first kappa shape index (κ1) is 40.4. The zero-order chi connectivity index (χ0) is 33.8. The number of carboxylic acid groups (broad SMARTS) is 2. The van der Waals surface area contributed by atoms with E-state index in [2.05, 4.69) is 20.5 Å². The van der Waals surface area contributed by atoms with Crippen molar-refractivity contribution >= 4 is 126 Å². The van der Waals surface area contributed by atoms with E-state index in [-0.39, 0.29) is 93.0 Å². The molecule has 20 heteroatoms. The van der Waals surface area contributed by atoms with Gasteiger partial charge >= 0.3 is 11.9 Å². The van der Waals surface area contributed by atoms with Crippen molar-refractivity contribution in [1.29, 1.82) is 0 Å². The first-order valence-corrected chi connectivity index (χ1v) is 15.3. The third kappa shape index (κ3) is 10.3. The summed E-state index contributed by atoms with van der Waals surface area (Å²) in [5.41, 5.74) is -1.25. The second kappa shape index (κ2) is 16.5. The quantitative estimate of drug-likeness (QED) is 0.0533. The van der Waals surface area contributed by atoms with Crippen molar-refractivity contribution in [3.05, 3.63) is 95.1 Å². The Morgan fingerprint density at radius 2 is 0.812 bits per heavy atom. The average molecular weight is 715 g/mol. The third-order valence-corrected chi connectivity index (χ3v) is 7.79. The van der Waals surface area contributed by atoms with Crippen LogP contribution >= 0.6 is 0 Å². The minimum Gasteiger partial charge on any atom is -0.507 e. The monoisotopic (exact) mass is 714 g/mol. The molecule has 4 aromatic carbocycles. The van der Waals surface area contributed by atoms with Gasteiger partial charge in [-0.05, 0) is 71.8 Å². The van der Waals surface area contributed by atoms with E-state index in [1.807, 2.05) is 0 Å². The molecule has 0 aliphatic carbocycles. The summed E-state index contributed by atoms with van der Waals surface area (Å²) in [4.78, 5) is 21.1. The number of benzene rings is 4. The molecule has 4 rings (SSSR count). The van der Waals surface area contributed by atoms with E-state index in [9.17, 15) is 45.7 Å². The number of carbonyl (C=O) groups is 2. The Hall–Kier alpha value is -3.82. The minimum absolute atomic E-state index is 0. The molecule has 0 heterocycles. The smallest absolute Gasteiger partial charge is 0.339 e.